The van der Waals surface area contributed by atoms with Gasteiger partial charge in [-0.05, 0) is 29.8 Å². The highest BCUT2D eigenvalue weighted by atomic mass is 35.5. The number of rotatable bonds is 4. The van der Waals surface area contributed by atoms with Crippen LogP contribution < -0.4 is 11.3 Å². The standard InChI is InChI=1S/C18H12ClF3N4O2S/c19-12-7-5-9(6-8-12)13-14(10-1-3-11(4-2-10)16(27)28-29)24-17(18(20,21)22)25-15(13)26-23/h1-8,29H,23H2,(H,24,25,26). The highest BCUT2D eigenvalue weighted by Gasteiger charge is 2.36. The van der Waals surface area contributed by atoms with Crippen LogP contribution in [0.4, 0.5) is 19.0 Å². The molecule has 1 heterocycles. The van der Waals surface area contributed by atoms with Gasteiger partial charge in [0.1, 0.15) is 0 Å². The van der Waals surface area contributed by atoms with E-state index in [-0.39, 0.29) is 22.6 Å². The Bertz CT molecular complexity index is 1040. The Labute approximate surface area is 173 Å². The second-order valence-electron chi connectivity index (χ2n) is 5.72. The number of aromatic nitrogens is 2. The molecule has 0 fully saturated rings. The first-order valence-corrected chi connectivity index (χ1v) is 8.67. The molecule has 29 heavy (non-hydrogen) atoms. The lowest BCUT2D eigenvalue weighted by molar-refractivity contribution is -0.144. The normalized spacial score (nSPS) is 11.2. The minimum absolute atomic E-state index is 0.0339. The van der Waals surface area contributed by atoms with Gasteiger partial charge in [-0.3, -0.25) is 0 Å². The Balaban J connectivity index is 2.27. The zero-order valence-corrected chi connectivity index (χ0v) is 16.0. The van der Waals surface area contributed by atoms with Crippen LogP contribution in [0.3, 0.4) is 0 Å². The first-order valence-electron chi connectivity index (χ1n) is 7.92. The van der Waals surface area contributed by atoms with Gasteiger partial charge in [-0.2, -0.15) is 13.2 Å². The Morgan fingerprint density at radius 3 is 2.14 bits per heavy atom. The van der Waals surface area contributed by atoms with Crippen molar-refractivity contribution in [1.82, 2.24) is 9.97 Å². The molecule has 0 spiro atoms. The van der Waals surface area contributed by atoms with Gasteiger partial charge in [0.2, 0.25) is 5.82 Å². The predicted molar refractivity (Wildman–Crippen MR) is 105 cm³/mol. The molecule has 0 radical (unpaired) electrons. The largest absolute Gasteiger partial charge is 0.451 e. The Morgan fingerprint density at radius 1 is 1.03 bits per heavy atom. The summed E-state index contributed by atoms with van der Waals surface area (Å²) in [6.07, 6.45) is -4.80. The number of hydrogen-bond acceptors (Lipinski definition) is 7. The number of carbonyl (C=O) groups is 1. The molecule has 3 N–H and O–H groups in total. The van der Waals surface area contributed by atoms with E-state index in [2.05, 4.69) is 32.5 Å². The predicted octanol–water partition coefficient (Wildman–Crippen LogP) is 4.77. The number of alkyl halides is 3. The third-order valence-corrected chi connectivity index (χ3v) is 4.33. The summed E-state index contributed by atoms with van der Waals surface area (Å²) in [4.78, 5) is 18.8. The molecule has 0 saturated carbocycles. The van der Waals surface area contributed by atoms with Crippen molar-refractivity contribution >= 4 is 36.3 Å². The summed E-state index contributed by atoms with van der Waals surface area (Å²) in [6.45, 7) is 0. The monoisotopic (exact) mass is 440 g/mol. The van der Waals surface area contributed by atoms with Crippen LogP contribution in [0.1, 0.15) is 16.2 Å². The molecule has 0 unspecified atom stereocenters. The summed E-state index contributed by atoms with van der Waals surface area (Å²) in [6, 6.07) is 12.0. The molecule has 3 rings (SSSR count). The number of carbonyl (C=O) groups excluding carboxylic acids is 1. The van der Waals surface area contributed by atoms with Gasteiger partial charge in [-0.15, -0.1) is 0 Å². The third kappa shape index (κ3) is 4.44. The highest BCUT2D eigenvalue weighted by molar-refractivity contribution is 7.75. The van der Waals surface area contributed by atoms with Crippen molar-refractivity contribution < 1.29 is 22.1 Å². The number of nitrogens with one attached hydrogen (secondary N) is 1. The number of hydrogen-bond donors (Lipinski definition) is 3. The minimum Gasteiger partial charge on any atom is -0.391 e. The summed E-state index contributed by atoms with van der Waals surface area (Å²) in [7, 11) is 0. The zero-order chi connectivity index (χ0) is 21.2. The number of benzene rings is 2. The van der Waals surface area contributed by atoms with Gasteiger partial charge >= 0.3 is 12.1 Å². The fraction of sp³-hybridized carbons (Fsp3) is 0.0556. The van der Waals surface area contributed by atoms with Gasteiger partial charge in [-0.25, -0.2) is 20.6 Å². The van der Waals surface area contributed by atoms with E-state index in [4.69, 9.17) is 17.4 Å². The molecule has 6 nitrogen and oxygen atoms in total. The molecule has 0 amide bonds. The summed E-state index contributed by atoms with van der Waals surface area (Å²) < 4.78 is 44.3. The fourth-order valence-corrected chi connectivity index (χ4v) is 2.84. The molecular weight excluding hydrogens is 429 g/mol. The van der Waals surface area contributed by atoms with Crippen molar-refractivity contribution in [3.8, 4) is 22.4 Å². The van der Waals surface area contributed by atoms with E-state index < -0.39 is 18.0 Å². The fourth-order valence-electron chi connectivity index (χ4n) is 2.61. The van der Waals surface area contributed by atoms with Crippen LogP contribution in [-0.2, 0) is 10.4 Å². The third-order valence-electron chi connectivity index (χ3n) is 3.91. The molecule has 0 atom stereocenters. The second kappa shape index (κ2) is 8.27. The maximum atomic E-state index is 13.3. The maximum absolute atomic E-state index is 13.3. The summed E-state index contributed by atoms with van der Waals surface area (Å²) in [5, 5.41) is 0.444. The molecule has 0 bridgehead atoms. The average Bonchev–Trinajstić information content (AvgIpc) is 2.72. The van der Waals surface area contributed by atoms with Crippen molar-refractivity contribution in [2.45, 2.75) is 6.18 Å². The number of nitrogens with two attached hydrogens (primary N) is 1. The van der Waals surface area contributed by atoms with E-state index in [0.717, 1.165) is 0 Å². The van der Waals surface area contributed by atoms with E-state index >= 15 is 0 Å². The molecule has 0 aliphatic heterocycles. The van der Waals surface area contributed by atoms with Gasteiger partial charge in [0.15, 0.2) is 5.82 Å². The van der Waals surface area contributed by atoms with Crippen LogP contribution in [-0.4, -0.2) is 15.9 Å². The van der Waals surface area contributed by atoms with E-state index in [9.17, 15) is 18.0 Å². The topological polar surface area (TPSA) is 90.1 Å². The molecule has 0 aliphatic rings. The summed E-state index contributed by atoms with van der Waals surface area (Å²) in [5.74, 6) is 3.17. The Morgan fingerprint density at radius 2 is 1.62 bits per heavy atom. The van der Waals surface area contributed by atoms with Crippen molar-refractivity contribution in [3.05, 3.63) is 64.9 Å². The van der Waals surface area contributed by atoms with E-state index in [1.807, 2.05) is 0 Å². The second-order valence-corrected chi connectivity index (χ2v) is 6.34. The average molecular weight is 441 g/mol. The molecule has 0 saturated heterocycles. The number of halogens is 4. The van der Waals surface area contributed by atoms with E-state index in [0.29, 0.717) is 16.1 Å². The van der Waals surface area contributed by atoms with Crippen molar-refractivity contribution in [1.29, 1.82) is 0 Å². The van der Waals surface area contributed by atoms with Crippen molar-refractivity contribution in [2.24, 2.45) is 5.84 Å². The Hall–Kier alpha value is -2.82. The quantitative estimate of drug-likeness (QED) is 0.234. The van der Waals surface area contributed by atoms with Gasteiger partial charge in [0.05, 0.1) is 16.8 Å². The number of nitrogens with zero attached hydrogens (tertiary/aromatic N) is 2. The zero-order valence-electron chi connectivity index (χ0n) is 14.4. The van der Waals surface area contributed by atoms with Crippen LogP contribution in [0.2, 0.25) is 5.02 Å². The molecule has 0 aliphatic carbocycles. The van der Waals surface area contributed by atoms with Crippen molar-refractivity contribution in [3.63, 3.8) is 0 Å². The molecule has 2 aromatic carbocycles. The lowest BCUT2D eigenvalue weighted by atomic mass is 9.98. The van der Waals surface area contributed by atoms with Crippen LogP contribution in [0.15, 0.2) is 48.5 Å². The minimum atomic E-state index is -4.80. The molecule has 11 heteroatoms. The number of thiol groups is 1. The first-order chi connectivity index (χ1) is 13.7. The lowest BCUT2D eigenvalue weighted by Crippen LogP contribution is -2.18. The number of anilines is 1. The van der Waals surface area contributed by atoms with Gasteiger partial charge in [-0.1, -0.05) is 35.9 Å². The van der Waals surface area contributed by atoms with E-state index in [1.165, 1.54) is 24.3 Å². The van der Waals surface area contributed by atoms with E-state index in [1.54, 1.807) is 24.3 Å². The van der Waals surface area contributed by atoms with Crippen LogP contribution in [0.5, 0.6) is 0 Å². The lowest BCUT2D eigenvalue weighted by Gasteiger charge is -2.16. The molecular formula is C18H12ClF3N4O2S. The van der Waals surface area contributed by atoms with Gasteiger partial charge < -0.3 is 9.61 Å². The van der Waals surface area contributed by atoms with Gasteiger partial charge in [0, 0.05) is 23.5 Å². The Kier molecular flexibility index (Phi) is 5.96. The van der Waals surface area contributed by atoms with Crippen LogP contribution >= 0.6 is 24.5 Å². The summed E-state index contributed by atoms with van der Waals surface area (Å²) in [5.41, 5.74) is 3.36. The smallest absolute Gasteiger partial charge is 0.391 e. The van der Waals surface area contributed by atoms with Crippen LogP contribution in [0.25, 0.3) is 22.4 Å². The summed E-state index contributed by atoms with van der Waals surface area (Å²) >= 11 is 9.34. The van der Waals surface area contributed by atoms with Gasteiger partial charge in [0.25, 0.3) is 0 Å². The molecule has 3 aromatic rings. The first kappa shape index (κ1) is 20.9. The van der Waals surface area contributed by atoms with Crippen molar-refractivity contribution in [2.75, 3.05) is 5.43 Å². The molecule has 1 aromatic heterocycles. The van der Waals surface area contributed by atoms with Crippen LogP contribution in [0, 0.1) is 0 Å². The maximum Gasteiger partial charge on any atom is 0.451 e. The number of nitrogen functional groups attached to an aromatic ring is 1. The SMILES string of the molecule is NNc1nc(C(F)(F)F)nc(-c2ccc(C(=O)OS)cc2)c1-c1ccc(Cl)cc1. The number of hydrazine groups is 1. The molecule has 150 valence electrons. The highest BCUT2D eigenvalue weighted by Crippen LogP contribution is 2.39.